The summed E-state index contributed by atoms with van der Waals surface area (Å²) in [5, 5.41) is 10.7. The number of carbonyl (C=O) groups excluding carboxylic acids is 1. The van der Waals surface area contributed by atoms with Crippen LogP contribution in [0.3, 0.4) is 0 Å². The van der Waals surface area contributed by atoms with Gasteiger partial charge in [-0.25, -0.2) is 0 Å². The largest absolute Gasteiger partial charge is 0.298 e. The van der Waals surface area contributed by atoms with Crippen LogP contribution in [-0.2, 0) is 19.0 Å². The smallest absolute Gasteiger partial charge is 0.279 e. The third-order valence-corrected chi connectivity index (χ3v) is 5.32. The molecule has 1 aliphatic rings. The van der Waals surface area contributed by atoms with Crippen molar-refractivity contribution < 1.29 is 22.3 Å². The summed E-state index contributed by atoms with van der Waals surface area (Å²) in [5.41, 5.74) is -0.133. The van der Waals surface area contributed by atoms with Gasteiger partial charge >= 0.3 is 0 Å². The number of hydrogen-bond donors (Lipinski definition) is 0. The van der Waals surface area contributed by atoms with Crippen molar-refractivity contribution >= 4 is 22.1 Å². The van der Waals surface area contributed by atoms with E-state index in [9.17, 15) is 23.3 Å². The summed E-state index contributed by atoms with van der Waals surface area (Å²) in [6.07, 6.45) is 1.09. The highest BCUT2D eigenvalue weighted by atomic mass is 32.2. The summed E-state index contributed by atoms with van der Waals surface area (Å²) in [5.74, 6) is 0. The Labute approximate surface area is 109 Å². The van der Waals surface area contributed by atoms with E-state index < -0.39 is 19.8 Å². The van der Waals surface area contributed by atoms with Gasteiger partial charge in [-0.2, -0.15) is 8.42 Å². The predicted octanol–water partition coefficient (Wildman–Crippen LogP) is 1.37. The summed E-state index contributed by atoms with van der Waals surface area (Å²) < 4.78 is 27.1. The van der Waals surface area contributed by atoms with Crippen molar-refractivity contribution in [2.24, 2.45) is 0 Å². The molecule has 1 aromatic rings. The van der Waals surface area contributed by atoms with Gasteiger partial charge < -0.3 is 0 Å². The standard InChI is InChI=1S/C11H11NO6S/c1-18-19(16,17)11(4-5-11)9-2-3-10(12(14)15)8(6-9)7-13/h2-3,6-7H,4-5H2,1H3. The van der Waals surface area contributed by atoms with Crippen molar-refractivity contribution in [2.75, 3.05) is 7.11 Å². The minimum absolute atomic E-state index is 0.139. The lowest BCUT2D eigenvalue weighted by atomic mass is 10.1. The quantitative estimate of drug-likeness (QED) is 0.350. The first-order chi connectivity index (χ1) is 8.88. The maximum Gasteiger partial charge on any atom is 0.279 e. The zero-order valence-corrected chi connectivity index (χ0v) is 10.8. The van der Waals surface area contributed by atoms with E-state index in [4.69, 9.17) is 0 Å². The van der Waals surface area contributed by atoms with Gasteiger partial charge in [0.15, 0.2) is 6.29 Å². The molecular formula is C11H11NO6S. The Morgan fingerprint density at radius 1 is 1.42 bits per heavy atom. The highest BCUT2D eigenvalue weighted by Crippen LogP contribution is 2.53. The maximum atomic E-state index is 11.9. The molecule has 0 unspecified atom stereocenters. The molecule has 1 aliphatic carbocycles. The topological polar surface area (TPSA) is 104 Å². The molecule has 0 bridgehead atoms. The maximum absolute atomic E-state index is 11.9. The third kappa shape index (κ3) is 2.02. The van der Waals surface area contributed by atoms with Crippen LogP contribution in [0.1, 0.15) is 28.8 Å². The van der Waals surface area contributed by atoms with Crippen LogP contribution >= 0.6 is 0 Å². The van der Waals surface area contributed by atoms with Crippen molar-refractivity contribution in [1.82, 2.24) is 0 Å². The molecule has 0 aliphatic heterocycles. The third-order valence-electron chi connectivity index (χ3n) is 3.28. The van der Waals surface area contributed by atoms with Gasteiger partial charge in [-0.05, 0) is 24.5 Å². The minimum Gasteiger partial charge on any atom is -0.298 e. The number of aldehydes is 1. The highest BCUT2D eigenvalue weighted by molar-refractivity contribution is 7.88. The molecule has 0 heterocycles. The van der Waals surface area contributed by atoms with Crippen molar-refractivity contribution in [3.63, 3.8) is 0 Å². The van der Waals surface area contributed by atoms with Crippen LogP contribution in [0.15, 0.2) is 18.2 Å². The van der Waals surface area contributed by atoms with Crippen LogP contribution in [0.4, 0.5) is 5.69 Å². The molecule has 102 valence electrons. The molecule has 0 amide bonds. The number of nitrogens with zero attached hydrogens (tertiary/aromatic N) is 1. The van der Waals surface area contributed by atoms with Crippen LogP contribution in [0.2, 0.25) is 0 Å². The molecule has 1 saturated carbocycles. The first-order valence-electron chi connectivity index (χ1n) is 5.42. The van der Waals surface area contributed by atoms with Crippen molar-refractivity contribution in [3.8, 4) is 0 Å². The fourth-order valence-corrected chi connectivity index (χ4v) is 3.39. The number of rotatable bonds is 5. The van der Waals surface area contributed by atoms with Crippen LogP contribution in [0.25, 0.3) is 0 Å². The molecule has 0 saturated heterocycles. The molecule has 0 aromatic heterocycles. The van der Waals surface area contributed by atoms with E-state index in [1.165, 1.54) is 12.1 Å². The Morgan fingerprint density at radius 2 is 2.05 bits per heavy atom. The number of nitro benzene ring substituents is 1. The monoisotopic (exact) mass is 285 g/mol. The van der Waals surface area contributed by atoms with Gasteiger partial charge in [-0.3, -0.25) is 19.1 Å². The summed E-state index contributed by atoms with van der Waals surface area (Å²) >= 11 is 0. The van der Waals surface area contributed by atoms with Gasteiger partial charge in [0.2, 0.25) is 0 Å². The van der Waals surface area contributed by atoms with E-state index in [1.807, 2.05) is 0 Å². The zero-order chi connectivity index (χ0) is 14.3. The molecule has 0 N–H and O–H groups in total. The fourth-order valence-electron chi connectivity index (χ4n) is 2.05. The first-order valence-corrected chi connectivity index (χ1v) is 6.83. The zero-order valence-electron chi connectivity index (χ0n) is 10.0. The van der Waals surface area contributed by atoms with Crippen LogP contribution < -0.4 is 0 Å². The molecule has 0 atom stereocenters. The number of benzene rings is 1. The molecule has 8 heteroatoms. The summed E-state index contributed by atoms with van der Waals surface area (Å²) in [6, 6.07) is 3.74. The van der Waals surface area contributed by atoms with E-state index in [0.717, 1.165) is 13.2 Å². The Balaban J connectivity index is 2.55. The Kier molecular flexibility index (Phi) is 3.15. The number of nitro groups is 1. The van der Waals surface area contributed by atoms with Crippen molar-refractivity contribution in [3.05, 3.63) is 39.4 Å². The predicted molar refractivity (Wildman–Crippen MR) is 65.3 cm³/mol. The van der Waals surface area contributed by atoms with E-state index in [1.54, 1.807) is 0 Å². The number of hydrogen-bond acceptors (Lipinski definition) is 6. The van der Waals surface area contributed by atoms with E-state index in [2.05, 4.69) is 4.18 Å². The van der Waals surface area contributed by atoms with Gasteiger partial charge in [-0.1, -0.05) is 6.07 Å². The molecule has 0 spiro atoms. The van der Waals surface area contributed by atoms with E-state index >= 15 is 0 Å². The van der Waals surface area contributed by atoms with Gasteiger partial charge in [0.05, 0.1) is 17.6 Å². The van der Waals surface area contributed by atoms with E-state index in [0.29, 0.717) is 24.7 Å². The average molecular weight is 285 g/mol. The van der Waals surface area contributed by atoms with Gasteiger partial charge in [-0.15, -0.1) is 0 Å². The van der Waals surface area contributed by atoms with Crippen LogP contribution in [0.5, 0.6) is 0 Å². The lowest BCUT2D eigenvalue weighted by Crippen LogP contribution is -2.22. The second-order valence-corrected chi connectivity index (χ2v) is 6.29. The van der Waals surface area contributed by atoms with Crippen LogP contribution in [0, 0.1) is 10.1 Å². The number of carbonyl (C=O) groups is 1. The first kappa shape index (κ1) is 13.6. The average Bonchev–Trinajstić information content (AvgIpc) is 3.19. The molecule has 19 heavy (non-hydrogen) atoms. The van der Waals surface area contributed by atoms with Gasteiger partial charge in [0, 0.05) is 6.07 Å². The van der Waals surface area contributed by atoms with Crippen LogP contribution in [-0.4, -0.2) is 26.7 Å². The van der Waals surface area contributed by atoms with Crippen molar-refractivity contribution in [1.29, 1.82) is 0 Å². The Bertz CT molecular complexity index is 647. The van der Waals surface area contributed by atoms with E-state index in [-0.39, 0.29) is 11.3 Å². The molecule has 1 fully saturated rings. The molecular weight excluding hydrogens is 274 g/mol. The summed E-state index contributed by atoms with van der Waals surface area (Å²) in [4.78, 5) is 20.9. The fraction of sp³-hybridized carbons (Fsp3) is 0.364. The molecule has 7 nitrogen and oxygen atoms in total. The second kappa shape index (κ2) is 4.39. The lowest BCUT2D eigenvalue weighted by molar-refractivity contribution is -0.385. The SMILES string of the molecule is COS(=O)(=O)C1(c2ccc([N+](=O)[O-])c(C=O)c2)CC1. The molecule has 1 aromatic carbocycles. The Morgan fingerprint density at radius 3 is 2.47 bits per heavy atom. The highest BCUT2D eigenvalue weighted by Gasteiger charge is 2.56. The van der Waals surface area contributed by atoms with Crippen molar-refractivity contribution in [2.45, 2.75) is 17.6 Å². The van der Waals surface area contributed by atoms with Gasteiger partial charge in [0.1, 0.15) is 4.75 Å². The molecule has 0 radical (unpaired) electrons. The summed E-state index contributed by atoms with van der Waals surface area (Å²) in [7, 11) is -2.71. The molecule has 2 rings (SSSR count). The minimum atomic E-state index is -3.78. The van der Waals surface area contributed by atoms with Gasteiger partial charge in [0.25, 0.3) is 15.8 Å². The normalized spacial score (nSPS) is 16.9. The second-order valence-electron chi connectivity index (χ2n) is 4.26. The Hall–Kier alpha value is -1.80. The lowest BCUT2D eigenvalue weighted by Gasteiger charge is -2.15. The summed E-state index contributed by atoms with van der Waals surface area (Å²) in [6.45, 7) is 0.